The van der Waals surface area contributed by atoms with Crippen molar-refractivity contribution in [3.05, 3.63) is 36.8 Å². The molecule has 0 aliphatic heterocycles. The Balaban J connectivity index is 2.65. The summed E-state index contributed by atoms with van der Waals surface area (Å²) in [4.78, 5) is 8.59. The number of para-hydroxylation sites is 1. The Kier molecular flexibility index (Phi) is 1.61. The second-order valence-corrected chi connectivity index (χ2v) is 4.00. The molecule has 3 aromatic rings. The van der Waals surface area contributed by atoms with Gasteiger partial charge in [0, 0.05) is 0 Å². The van der Waals surface area contributed by atoms with Gasteiger partial charge in [-0.3, -0.25) is 0 Å². The van der Waals surface area contributed by atoms with Gasteiger partial charge in [0.15, 0.2) is 0 Å². The third kappa shape index (κ3) is 0.992. The second kappa shape index (κ2) is 2.82. The van der Waals surface area contributed by atoms with E-state index in [1.807, 2.05) is 27.9 Å². The zero-order valence-electron chi connectivity index (χ0n) is 7.25. The van der Waals surface area contributed by atoms with Crippen molar-refractivity contribution < 1.29 is 0 Å². The molecule has 3 nitrogen and oxygen atoms in total. The number of pyridine rings is 1. The minimum absolute atomic E-state index is 0.935. The van der Waals surface area contributed by atoms with Gasteiger partial charge in [0.25, 0.3) is 0 Å². The standard InChI is InChI=1S/C10H6AsN3/c11-14-6-13-9-5-12-8-4-2-1-3-7(8)10(9)14/h1-6H. The van der Waals surface area contributed by atoms with Gasteiger partial charge >= 0.3 is 89.3 Å². The van der Waals surface area contributed by atoms with E-state index < -0.39 is 0 Å². The van der Waals surface area contributed by atoms with Crippen LogP contribution in [-0.2, 0) is 0 Å². The Bertz CT molecular complexity index is 615. The number of benzene rings is 1. The zero-order chi connectivity index (χ0) is 9.54. The fourth-order valence-electron chi connectivity index (χ4n) is 1.63. The fourth-order valence-corrected chi connectivity index (χ4v) is 2.18. The molecule has 0 aliphatic rings. The number of imidazole rings is 1. The Morgan fingerprint density at radius 1 is 1.07 bits per heavy atom. The third-order valence-corrected chi connectivity index (χ3v) is 2.90. The molecular weight excluding hydrogens is 237 g/mol. The third-order valence-electron chi connectivity index (χ3n) is 2.26. The van der Waals surface area contributed by atoms with Crippen LogP contribution in [-0.4, -0.2) is 30.5 Å². The van der Waals surface area contributed by atoms with E-state index in [9.17, 15) is 0 Å². The number of nitrogens with zero attached hydrogens (tertiary/aromatic N) is 3. The topological polar surface area (TPSA) is 30.7 Å². The summed E-state index contributed by atoms with van der Waals surface area (Å²) >= 11 is 2.47. The number of hydrogen-bond donors (Lipinski definition) is 0. The van der Waals surface area contributed by atoms with Crippen LogP contribution in [0.3, 0.4) is 0 Å². The fraction of sp³-hybridized carbons (Fsp3) is 0. The Hall–Kier alpha value is -1.34. The van der Waals surface area contributed by atoms with E-state index in [1.54, 1.807) is 6.33 Å². The van der Waals surface area contributed by atoms with E-state index in [2.05, 4.69) is 33.1 Å². The summed E-state index contributed by atoms with van der Waals surface area (Å²) in [6.45, 7) is 0. The van der Waals surface area contributed by atoms with Crippen molar-refractivity contribution in [3.63, 3.8) is 0 Å². The van der Waals surface area contributed by atoms with E-state index >= 15 is 0 Å². The summed E-state index contributed by atoms with van der Waals surface area (Å²) in [5.41, 5.74) is 3.06. The van der Waals surface area contributed by atoms with Crippen LogP contribution < -0.4 is 0 Å². The van der Waals surface area contributed by atoms with E-state index in [4.69, 9.17) is 0 Å². The first-order chi connectivity index (χ1) is 6.86. The van der Waals surface area contributed by atoms with Crippen LogP contribution in [0, 0.1) is 0 Å². The van der Waals surface area contributed by atoms with Gasteiger partial charge in [-0.1, -0.05) is 0 Å². The summed E-state index contributed by atoms with van der Waals surface area (Å²) in [6.07, 6.45) is 3.60. The molecule has 0 amide bonds. The molecule has 66 valence electrons. The van der Waals surface area contributed by atoms with Gasteiger partial charge in [-0.25, -0.2) is 0 Å². The predicted octanol–water partition coefficient (Wildman–Crippen LogP) is 1.52. The van der Waals surface area contributed by atoms with Crippen LogP contribution in [0.4, 0.5) is 0 Å². The van der Waals surface area contributed by atoms with Crippen molar-refractivity contribution in [2.45, 2.75) is 0 Å². The quantitative estimate of drug-likeness (QED) is 0.560. The molecule has 0 bridgehead atoms. The molecule has 1 aromatic carbocycles. The van der Waals surface area contributed by atoms with E-state index in [1.165, 1.54) is 0 Å². The average molecular weight is 243 g/mol. The molecule has 0 N–H and O–H groups in total. The first-order valence-electron chi connectivity index (χ1n) is 4.26. The number of rotatable bonds is 0. The molecule has 0 saturated heterocycles. The van der Waals surface area contributed by atoms with Crippen LogP contribution in [0.15, 0.2) is 36.8 Å². The summed E-state index contributed by atoms with van der Waals surface area (Å²) in [5.74, 6) is 0. The van der Waals surface area contributed by atoms with Crippen LogP contribution in [0.1, 0.15) is 0 Å². The first kappa shape index (κ1) is 8.01. The number of hydrogen-bond acceptors (Lipinski definition) is 2. The van der Waals surface area contributed by atoms with Crippen molar-refractivity contribution in [1.82, 2.24) is 13.5 Å². The number of fused-ring (bicyclic) bond motifs is 3. The molecule has 2 heterocycles. The maximum absolute atomic E-state index is 4.34. The van der Waals surface area contributed by atoms with Crippen LogP contribution in [0.2, 0.25) is 0 Å². The van der Waals surface area contributed by atoms with Crippen molar-refractivity contribution in [2.24, 2.45) is 0 Å². The Labute approximate surface area is 89.5 Å². The summed E-state index contributed by atoms with van der Waals surface area (Å²) in [7, 11) is 0. The molecule has 0 aliphatic carbocycles. The molecule has 0 saturated carbocycles. The number of aromatic nitrogens is 3. The van der Waals surface area contributed by atoms with E-state index in [-0.39, 0.29) is 0 Å². The SMILES string of the molecule is [As]n1cnc2cnc3ccccc3c21. The molecule has 4 heteroatoms. The molecule has 3 rings (SSSR count). The van der Waals surface area contributed by atoms with E-state index in [0.717, 1.165) is 21.9 Å². The summed E-state index contributed by atoms with van der Waals surface area (Å²) < 4.78 is 1.96. The minimum atomic E-state index is 0.935. The molecule has 14 heavy (non-hydrogen) atoms. The molecule has 0 atom stereocenters. The Morgan fingerprint density at radius 2 is 1.93 bits per heavy atom. The van der Waals surface area contributed by atoms with Gasteiger partial charge in [0.05, 0.1) is 0 Å². The van der Waals surface area contributed by atoms with Crippen molar-refractivity contribution in [1.29, 1.82) is 0 Å². The van der Waals surface area contributed by atoms with Gasteiger partial charge in [0.2, 0.25) is 0 Å². The summed E-state index contributed by atoms with van der Waals surface area (Å²) in [6, 6.07) is 8.08. The normalized spacial score (nSPS) is 11.2. The molecule has 2 aromatic heterocycles. The predicted molar refractivity (Wildman–Crippen MR) is 56.2 cm³/mol. The zero-order valence-corrected chi connectivity index (χ0v) is 9.13. The van der Waals surface area contributed by atoms with Crippen molar-refractivity contribution in [2.75, 3.05) is 0 Å². The Morgan fingerprint density at radius 3 is 2.86 bits per heavy atom. The van der Waals surface area contributed by atoms with Crippen molar-refractivity contribution >= 4 is 39.0 Å². The van der Waals surface area contributed by atoms with Crippen LogP contribution in [0.5, 0.6) is 0 Å². The molecule has 0 unspecified atom stereocenters. The summed E-state index contributed by atoms with van der Waals surface area (Å²) in [5, 5.41) is 1.14. The first-order valence-corrected chi connectivity index (χ1v) is 5.10. The monoisotopic (exact) mass is 243 g/mol. The van der Waals surface area contributed by atoms with Gasteiger partial charge in [-0.2, -0.15) is 0 Å². The molecular formula is C10H6AsN3. The van der Waals surface area contributed by atoms with Gasteiger partial charge in [-0.05, 0) is 0 Å². The average Bonchev–Trinajstić information content (AvgIpc) is 2.61. The van der Waals surface area contributed by atoms with Gasteiger partial charge in [-0.15, -0.1) is 0 Å². The molecule has 2 radical (unpaired) electrons. The second-order valence-electron chi connectivity index (χ2n) is 3.10. The van der Waals surface area contributed by atoms with E-state index in [0.29, 0.717) is 0 Å². The van der Waals surface area contributed by atoms with Crippen LogP contribution in [0.25, 0.3) is 21.9 Å². The van der Waals surface area contributed by atoms with Crippen molar-refractivity contribution in [3.8, 4) is 0 Å². The molecule has 0 fully saturated rings. The van der Waals surface area contributed by atoms with Gasteiger partial charge in [0.1, 0.15) is 0 Å². The molecule has 0 spiro atoms. The maximum atomic E-state index is 4.34. The van der Waals surface area contributed by atoms with Crippen LogP contribution >= 0.6 is 0 Å². The van der Waals surface area contributed by atoms with Gasteiger partial charge < -0.3 is 0 Å².